The predicted octanol–water partition coefficient (Wildman–Crippen LogP) is 4.83. The molecular weight excluding hydrogens is 231 g/mol. The Hall–Kier alpha value is 0.797. The van der Waals surface area contributed by atoms with Gasteiger partial charge < -0.3 is 0 Å². The summed E-state index contributed by atoms with van der Waals surface area (Å²) >= 11 is 12.2. The van der Waals surface area contributed by atoms with E-state index in [1.165, 1.54) is 6.04 Å². The van der Waals surface area contributed by atoms with Crippen molar-refractivity contribution in [1.29, 1.82) is 0 Å². The predicted molar refractivity (Wildman–Crippen MR) is 71.5 cm³/mol. The number of hydrogen-bond donors (Lipinski definition) is 0. The molecule has 0 atom stereocenters. The summed E-state index contributed by atoms with van der Waals surface area (Å²) in [5.41, 5.74) is 0.182. The second-order valence-electron chi connectivity index (χ2n) is 6.10. The molecule has 0 saturated heterocycles. The molecule has 0 fully saturated rings. The minimum Gasteiger partial charge on any atom is -0.126 e. The molecule has 0 spiro atoms. The SMILES string of the molecule is CC(C)CC(CCl)(CCl)C[Si](C)(C)C. The van der Waals surface area contributed by atoms with Crippen LogP contribution in [0.1, 0.15) is 20.3 Å². The Labute approximate surface area is 100 Å². The Kier molecular flexibility index (Phi) is 6.09. The van der Waals surface area contributed by atoms with Crippen LogP contribution < -0.4 is 0 Å². The molecule has 86 valence electrons. The highest BCUT2D eigenvalue weighted by Crippen LogP contribution is 2.38. The van der Waals surface area contributed by atoms with E-state index >= 15 is 0 Å². The van der Waals surface area contributed by atoms with Gasteiger partial charge in [0, 0.05) is 19.8 Å². The van der Waals surface area contributed by atoms with E-state index < -0.39 is 8.07 Å². The maximum absolute atomic E-state index is 6.11. The van der Waals surface area contributed by atoms with Crippen molar-refractivity contribution in [2.24, 2.45) is 11.3 Å². The van der Waals surface area contributed by atoms with E-state index in [0.717, 1.165) is 6.42 Å². The van der Waals surface area contributed by atoms with E-state index in [2.05, 4.69) is 33.5 Å². The van der Waals surface area contributed by atoms with Crippen LogP contribution in [-0.4, -0.2) is 19.8 Å². The van der Waals surface area contributed by atoms with Gasteiger partial charge in [0.05, 0.1) is 0 Å². The Bertz CT molecular complexity index is 157. The van der Waals surface area contributed by atoms with Crippen LogP contribution in [0.5, 0.6) is 0 Å². The minimum atomic E-state index is -1.07. The molecule has 0 aromatic rings. The summed E-state index contributed by atoms with van der Waals surface area (Å²) in [5.74, 6) is 2.10. The molecule has 0 saturated carbocycles. The first-order valence-corrected chi connectivity index (χ1v) is 10.1. The van der Waals surface area contributed by atoms with Gasteiger partial charge in [-0.05, 0) is 23.8 Å². The van der Waals surface area contributed by atoms with E-state index in [1.54, 1.807) is 0 Å². The molecule has 14 heavy (non-hydrogen) atoms. The second kappa shape index (κ2) is 5.76. The Morgan fingerprint density at radius 2 is 1.50 bits per heavy atom. The average Bonchev–Trinajstić information content (AvgIpc) is 1.99. The lowest BCUT2D eigenvalue weighted by atomic mass is 9.85. The molecule has 0 aliphatic heterocycles. The van der Waals surface area contributed by atoms with Gasteiger partial charge in [0.15, 0.2) is 0 Å². The van der Waals surface area contributed by atoms with Gasteiger partial charge in [-0.15, -0.1) is 23.2 Å². The van der Waals surface area contributed by atoms with Crippen LogP contribution in [0.25, 0.3) is 0 Å². The lowest BCUT2D eigenvalue weighted by molar-refractivity contribution is 0.327. The third-order valence-electron chi connectivity index (χ3n) is 2.31. The highest BCUT2D eigenvalue weighted by Gasteiger charge is 2.34. The highest BCUT2D eigenvalue weighted by molar-refractivity contribution is 6.76. The van der Waals surface area contributed by atoms with Crippen molar-refractivity contribution < 1.29 is 0 Å². The van der Waals surface area contributed by atoms with Crippen molar-refractivity contribution in [3.05, 3.63) is 0 Å². The maximum Gasteiger partial charge on any atom is 0.0449 e. The molecule has 0 unspecified atom stereocenters. The van der Waals surface area contributed by atoms with Crippen LogP contribution >= 0.6 is 23.2 Å². The summed E-state index contributed by atoms with van der Waals surface area (Å²) in [6.45, 7) is 11.7. The van der Waals surface area contributed by atoms with Crippen molar-refractivity contribution in [3.8, 4) is 0 Å². The molecule has 0 aromatic carbocycles. The molecular formula is C11H24Cl2Si. The summed E-state index contributed by atoms with van der Waals surface area (Å²) in [6, 6.07) is 1.24. The van der Waals surface area contributed by atoms with E-state index in [4.69, 9.17) is 23.2 Å². The van der Waals surface area contributed by atoms with Crippen molar-refractivity contribution in [2.75, 3.05) is 11.8 Å². The summed E-state index contributed by atoms with van der Waals surface area (Å²) in [5, 5.41) is 0. The normalized spacial score (nSPS) is 13.7. The summed E-state index contributed by atoms with van der Waals surface area (Å²) in [4.78, 5) is 0. The van der Waals surface area contributed by atoms with Gasteiger partial charge in [0.1, 0.15) is 0 Å². The van der Waals surface area contributed by atoms with Gasteiger partial charge in [-0.1, -0.05) is 33.5 Å². The van der Waals surface area contributed by atoms with Gasteiger partial charge in [0.25, 0.3) is 0 Å². The number of alkyl halides is 2. The van der Waals surface area contributed by atoms with Crippen LogP contribution in [-0.2, 0) is 0 Å². The van der Waals surface area contributed by atoms with Crippen molar-refractivity contribution >= 4 is 31.3 Å². The van der Waals surface area contributed by atoms with Crippen LogP contribution in [0, 0.1) is 11.3 Å². The van der Waals surface area contributed by atoms with Crippen LogP contribution in [0.4, 0.5) is 0 Å². The summed E-state index contributed by atoms with van der Waals surface area (Å²) in [7, 11) is -1.07. The first-order chi connectivity index (χ1) is 6.24. The van der Waals surface area contributed by atoms with Gasteiger partial charge in [-0.2, -0.15) is 0 Å². The smallest absolute Gasteiger partial charge is 0.0449 e. The van der Waals surface area contributed by atoms with Crippen LogP contribution in [0.3, 0.4) is 0 Å². The first kappa shape index (κ1) is 14.8. The standard InChI is InChI=1S/C11H24Cl2Si/c1-10(2)6-11(7-12,8-13)9-14(3,4)5/h10H,6-9H2,1-5H3. The van der Waals surface area contributed by atoms with Gasteiger partial charge in [-0.25, -0.2) is 0 Å². The molecule has 0 heterocycles. The van der Waals surface area contributed by atoms with Gasteiger partial charge >= 0.3 is 0 Å². The van der Waals surface area contributed by atoms with Gasteiger partial charge in [-0.3, -0.25) is 0 Å². The van der Waals surface area contributed by atoms with Crippen LogP contribution in [0.2, 0.25) is 25.7 Å². The zero-order valence-corrected chi connectivity index (χ0v) is 12.7. The number of rotatable bonds is 6. The maximum atomic E-state index is 6.11. The van der Waals surface area contributed by atoms with E-state index in [9.17, 15) is 0 Å². The van der Waals surface area contributed by atoms with Crippen molar-refractivity contribution in [2.45, 2.75) is 46.0 Å². The van der Waals surface area contributed by atoms with Crippen molar-refractivity contribution in [3.63, 3.8) is 0 Å². The molecule has 0 amide bonds. The highest BCUT2D eigenvalue weighted by atomic mass is 35.5. The summed E-state index contributed by atoms with van der Waals surface area (Å²) < 4.78 is 0. The molecule has 0 N–H and O–H groups in total. The lowest BCUT2D eigenvalue weighted by Crippen LogP contribution is -2.36. The molecule has 0 rings (SSSR count). The molecule has 0 bridgehead atoms. The molecule has 0 aliphatic rings. The fourth-order valence-electron chi connectivity index (χ4n) is 2.30. The Morgan fingerprint density at radius 1 is 1.07 bits per heavy atom. The average molecular weight is 255 g/mol. The van der Waals surface area contributed by atoms with E-state index in [1.807, 2.05) is 0 Å². The van der Waals surface area contributed by atoms with E-state index in [0.29, 0.717) is 17.7 Å². The summed E-state index contributed by atoms with van der Waals surface area (Å²) in [6.07, 6.45) is 1.16. The molecule has 0 aromatic heterocycles. The van der Waals surface area contributed by atoms with Crippen molar-refractivity contribution in [1.82, 2.24) is 0 Å². The Balaban J connectivity index is 4.53. The third kappa shape index (κ3) is 5.62. The monoisotopic (exact) mass is 254 g/mol. The fraction of sp³-hybridized carbons (Fsp3) is 1.00. The van der Waals surface area contributed by atoms with E-state index in [-0.39, 0.29) is 5.41 Å². The zero-order chi connectivity index (χ0) is 11.4. The number of hydrogen-bond acceptors (Lipinski definition) is 0. The minimum absolute atomic E-state index is 0.182. The molecule has 0 aliphatic carbocycles. The quantitative estimate of drug-likeness (QED) is 0.471. The fourth-order valence-corrected chi connectivity index (χ4v) is 5.96. The second-order valence-corrected chi connectivity index (χ2v) is 12.1. The molecule has 0 radical (unpaired) electrons. The lowest BCUT2D eigenvalue weighted by Gasteiger charge is -2.36. The first-order valence-electron chi connectivity index (χ1n) is 5.37. The van der Waals surface area contributed by atoms with Gasteiger partial charge in [0.2, 0.25) is 0 Å². The Morgan fingerprint density at radius 3 is 1.71 bits per heavy atom. The zero-order valence-electron chi connectivity index (χ0n) is 10.2. The number of halogens is 2. The third-order valence-corrected chi connectivity index (χ3v) is 5.26. The molecule has 0 nitrogen and oxygen atoms in total. The van der Waals surface area contributed by atoms with Crippen LogP contribution in [0.15, 0.2) is 0 Å². The largest absolute Gasteiger partial charge is 0.126 e. The topological polar surface area (TPSA) is 0 Å². The molecule has 3 heteroatoms.